The molecule has 0 saturated heterocycles. The SMILES string of the molecule is CCOP(=O)(CC)c1ccccc1C. The Morgan fingerprint density at radius 3 is 2.43 bits per heavy atom. The van der Waals surface area contributed by atoms with Gasteiger partial charge in [0.2, 0.25) is 7.37 Å². The molecule has 2 nitrogen and oxygen atoms in total. The van der Waals surface area contributed by atoms with E-state index in [2.05, 4.69) is 0 Å². The first kappa shape index (κ1) is 11.5. The fourth-order valence-electron chi connectivity index (χ4n) is 1.49. The standard InChI is InChI=1S/C11H17O2P/c1-4-13-14(12,5-2)11-9-7-6-8-10(11)3/h6-9H,4-5H2,1-3H3. The normalized spacial score (nSPS) is 15.1. The van der Waals surface area contributed by atoms with E-state index in [1.165, 1.54) is 0 Å². The van der Waals surface area contributed by atoms with Crippen LogP contribution in [0.1, 0.15) is 19.4 Å². The fourth-order valence-corrected chi connectivity index (χ4v) is 3.49. The highest BCUT2D eigenvalue weighted by Gasteiger charge is 2.24. The molecule has 0 aliphatic rings. The lowest BCUT2D eigenvalue weighted by molar-refractivity contribution is 0.341. The van der Waals surface area contributed by atoms with Gasteiger partial charge in [0.15, 0.2) is 0 Å². The molecule has 0 aliphatic heterocycles. The third-order valence-electron chi connectivity index (χ3n) is 2.24. The van der Waals surface area contributed by atoms with E-state index in [0.29, 0.717) is 12.8 Å². The van der Waals surface area contributed by atoms with Crippen LogP contribution in [0.2, 0.25) is 0 Å². The summed E-state index contributed by atoms with van der Waals surface area (Å²) in [4.78, 5) is 0. The minimum absolute atomic E-state index is 0.499. The van der Waals surface area contributed by atoms with Crippen molar-refractivity contribution in [2.75, 3.05) is 12.8 Å². The second kappa shape index (κ2) is 4.77. The van der Waals surface area contributed by atoms with Crippen molar-refractivity contribution < 1.29 is 9.09 Å². The molecule has 78 valence electrons. The quantitative estimate of drug-likeness (QED) is 0.717. The van der Waals surface area contributed by atoms with Crippen LogP contribution in [0.5, 0.6) is 0 Å². The molecule has 0 amide bonds. The zero-order chi connectivity index (χ0) is 10.6. The maximum absolute atomic E-state index is 12.4. The highest BCUT2D eigenvalue weighted by atomic mass is 31.2. The molecule has 0 saturated carbocycles. The molecule has 1 unspecified atom stereocenters. The summed E-state index contributed by atoms with van der Waals surface area (Å²) in [6.07, 6.45) is 0.561. The number of aryl methyl sites for hydroxylation is 1. The fraction of sp³-hybridized carbons (Fsp3) is 0.455. The smallest absolute Gasteiger partial charge is 0.232 e. The maximum Gasteiger partial charge on any atom is 0.232 e. The first-order chi connectivity index (χ1) is 6.64. The van der Waals surface area contributed by atoms with E-state index in [4.69, 9.17) is 4.52 Å². The molecule has 0 spiro atoms. The zero-order valence-corrected chi connectivity index (χ0v) is 9.88. The summed E-state index contributed by atoms with van der Waals surface area (Å²) < 4.78 is 17.8. The van der Waals surface area contributed by atoms with Crippen LogP contribution in [0, 0.1) is 6.92 Å². The third-order valence-corrected chi connectivity index (χ3v) is 4.98. The second-order valence-corrected chi connectivity index (χ2v) is 5.91. The average Bonchev–Trinajstić information content (AvgIpc) is 2.18. The Morgan fingerprint density at radius 1 is 1.29 bits per heavy atom. The van der Waals surface area contributed by atoms with Crippen molar-refractivity contribution in [3.63, 3.8) is 0 Å². The van der Waals surface area contributed by atoms with Crippen LogP contribution in [-0.2, 0) is 9.09 Å². The van der Waals surface area contributed by atoms with Crippen LogP contribution in [0.4, 0.5) is 0 Å². The van der Waals surface area contributed by atoms with Gasteiger partial charge >= 0.3 is 0 Å². The summed E-state index contributed by atoms with van der Waals surface area (Å²) in [5.74, 6) is 0. The van der Waals surface area contributed by atoms with E-state index in [9.17, 15) is 4.57 Å². The zero-order valence-electron chi connectivity index (χ0n) is 8.99. The monoisotopic (exact) mass is 212 g/mol. The van der Waals surface area contributed by atoms with Crippen LogP contribution < -0.4 is 5.30 Å². The number of hydrogen-bond acceptors (Lipinski definition) is 2. The summed E-state index contributed by atoms with van der Waals surface area (Å²) in [7, 11) is -2.59. The third kappa shape index (κ3) is 2.26. The second-order valence-electron chi connectivity index (χ2n) is 3.19. The van der Waals surface area contributed by atoms with Crippen LogP contribution in [0.25, 0.3) is 0 Å². The van der Waals surface area contributed by atoms with Gasteiger partial charge in [0.05, 0.1) is 6.61 Å². The lowest BCUT2D eigenvalue weighted by Crippen LogP contribution is -2.12. The Morgan fingerprint density at radius 2 is 1.93 bits per heavy atom. The Labute approximate surface area is 85.7 Å². The van der Waals surface area contributed by atoms with E-state index in [-0.39, 0.29) is 0 Å². The molecule has 0 aromatic heterocycles. The van der Waals surface area contributed by atoms with Crippen molar-refractivity contribution in [1.29, 1.82) is 0 Å². The predicted octanol–water partition coefficient (Wildman–Crippen LogP) is 2.95. The molecule has 1 aromatic carbocycles. The minimum atomic E-state index is -2.59. The van der Waals surface area contributed by atoms with Gasteiger partial charge in [-0.2, -0.15) is 0 Å². The Kier molecular flexibility index (Phi) is 3.91. The van der Waals surface area contributed by atoms with Crippen molar-refractivity contribution in [3.8, 4) is 0 Å². The van der Waals surface area contributed by atoms with Crippen LogP contribution >= 0.6 is 7.37 Å². The minimum Gasteiger partial charge on any atom is -0.326 e. The Bertz CT molecular complexity index is 347. The molecule has 1 aromatic rings. The molecule has 0 N–H and O–H groups in total. The molecule has 0 bridgehead atoms. The van der Waals surface area contributed by atoms with Gasteiger partial charge in [-0.25, -0.2) is 0 Å². The van der Waals surface area contributed by atoms with Gasteiger partial charge in [-0.05, 0) is 25.5 Å². The van der Waals surface area contributed by atoms with Crippen molar-refractivity contribution in [2.45, 2.75) is 20.8 Å². The molecule has 14 heavy (non-hydrogen) atoms. The Balaban J connectivity index is 3.13. The van der Waals surface area contributed by atoms with E-state index in [1.54, 1.807) is 0 Å². The van der Waals surface area contributed by atoms with Crippen molar-refractivity contribution >= 4 is 12.7 Å². The molecule has 0 fully saturated rings. The van der Waals surface area contributed by atoms with Gasteiger partial charge in [-0.1, -0.05) is 25.1 Å². The van der Waals surface area contributed by atoms with Gasteiger partial charge in [0.25, 0.3) is 0 Å². The number of hydrogen-bond donors (Lipinski definition) is 0. The average molecular weight is 212 g/mol. The molecule has 1 rings (SSSR count). The van der Waals surface area contributed by atoms with Crippen molar-refractivity contribution in [3.05, 3.63) is 29.8 Å². The largest absolute Gasteiger partial charge is 0.326 e. The lowest BCUT2D eigenvalue weighted by Gasteiger charge is -2.17. The summed E-state index contributed by atoms with van der Waals surface area (Å²) in [6.45, 7) is 6.25. The highest BCUT2D eigenvalue weighted by Crippen LogP contribution is 2.45. The predicted molar refractivity (Wildman–Crippen MR) is 60.6 cm³/mol. The number of rotatable bonds is 4. The molecule has 3 heteroatoms. The van der Waals surface area contributed by atoms with Gasteiger partial charge in [-0.3, -0.25) is 4.57 Å². The molecule has 0 aliphatic carbocycles. The van der Waals surface area contributed by atoms with Crippen LogP contribution in [0.3, 0.4) is 0 Å². The van der Waals surface area contributed by atoms with E-state index in [0.717, 1.165) is 10.9 Å². The molecule has 1 atom stereocenters. The van der Waals surface area contributed by atoms with E-state index < -0.39 is 7.37 Å². The highest BCUT2D eigenvalue weighted by molar-refractivity contribution is 7.67. The van der Waals surface area contributed by atoms with Crippen molar-refractivity contribution in [1.82, 2.24) is 0 Å². The maximum atomic E-state index is 12.4. The molecular formula is C11H17O2P. The van der Waals surface area contributed by atoms with Gasteiger partial charge in [0, 0.05) is 11.5 Å². The first-order valence-corrected chi connectivity index (χ1v) is 6.75. The van der Waals surface area contributed by atoms with E-state index in [1.807, 2.05) is 45.0 Å². The summed E-state index contributed by atoms with van der Waals surface area (Å²) in [6, 6.07) is 7.72. The van der Waals surface area contributed by atoms with Gasteiger partial charge < -0.3 is 4.52 Å². The molecule has 0 radical (unpaired) electrons. The van der Waals surface area contributed by atoms with Gasteiger partial charge in [0.1, 0.15) is 0 Å². The molecular weight excluding hydrogens is 195 g/mol. The molecule has 0 heterocycles. The topological polar surface area (TPSA) is 26.3 Å². The van der Waals surface area contributed by atoms with Crippen LogP contribution in [-0.4, -0.2) is 12.8 Å². The number of benzene rings is 1. The summed E-state index contributed by atoms with van der Waals surface area (Å²) >= 11 is 0. The van der Waals surface area contributed by atoms with Crippen LogP contribution in [0.15, 0.2) is 24.3 Å². The summed E-state index contributed by atoms with van der Waals surface area (Å²) in [5.41, 5.74) is 1.05. The van der Waals surface area contributed by atoms with Gasteiger partial charge in [-0.15, -0.1) is 0 Å². The first-order valence-electron chi connectivity index (χ1n) is 4.94. The Hall–Kier alpha value is -0.590. The van der Waals surface area contributed by atoms with Crippen molar-refractivity contribution in [2.24, 2.45) is 0 Å². The van der Waals surface area contributed by atoms with E-state index >= 15 is 0 Å². The summed E-state index contributed by atoms with van der Waals surface area (Å²) in [5, 5.41) is 0.865. The lowest BCUT2D eigenvalue weighted by atomic mass is 10.2.